The third-order valence-corrected chi connectivity index (χ3v) is 4.31. The highest BCUT2D eigenvalue weighted by atomic mass is 16.6. The summed E-state index contributed by atoms with van der Waals surface area (Å²) in [7, 11) is 0. The van der Waals surface area contributed by atoms with E-state index >= 15 is 0 Å². The van der Waals surface area contributed by atoms with Crippen molar-refractivity contribution in [2.24, 2.45) is 0 Å². The molecule has 0 fully saturated rings. The third kappa shape index (κ3) is 4.43. The summed E-state index contributed by atoms with van der Waals surface area (Å²) in [6.07, 6.45) is -0.747. The highest BCUT2D eigenvalue weighted by Crippen LogP contribution is 2.33. The molecule has 6 heteroatoms. The van der Waals surface area contributed by atoms with Gasteiger partial charge in [-0.05, 0) is 55.5 Å². The molecule has 0 bridgehead atoms. The van der Waals surface area contributed by atoms with Crippen molar-refractivity contribution < 1.29 is 23.7 Å². The van der Waals surface area contributed by atoms with Crippen molar-refractivity contribution in [1.29, 1.82) is 0 Å². The second-order valence-corrected chi connectivity index (χ2v) is 6.36. The minimum atomic E-state index is -0.747. The van der Waals surface area contributed by atoms with Gasteiger partial charge in [-0.15, -0.1) is 0 Å². The van der Waals surface area contributed by atoms with Crippen LogP contribution in [0.3, 0.4) is 0 Å². The molecule has 0 saturated carbocycles. The van der Waals surface area contributed by atoms with Gasteiger partial charge in [0.05, 0.1) is 12.3 Å². The van der Waals surface area contributed by atoms with Crippen molar-refractivity contribution in [3.05, 3.63) is 72.8 Å². The van der Waals surface area contributed by atoms with Crippen LogP contribution in [0.4, 0.5) is 5.69 Å². The highest BCUT2D eigenvalue weighted by molar-refractivity contribution is 5.96. The van der Waals surface area contributed by atoms with Crippen LogP contribution in [-0.4, -0.2) is 25.2 Å². The maximum Gasteiger partial charge on any atom is 0.269 e. The summed E-state index contributed by atoms with van der Waals surface area (Å²) < 4.78 is 22.8. The zero-order valence-electron chi connectivity index (χ0n) is 16.0. The van der Waals surface area contributed by atoms with Gasteiger partial charge in [-0.3, -0.25) is 4.79 Å². The van der Waals surface area contributed by atoms with E-state index in [-0.39, 0.29) is 12.5 Å². The zero-order valence-corrected chi connectivity index (χ0v) is 16.0. The largest absolute Gasteiger partial charge is 0.494 e. The zero-order chi connectivity index (χ0) is 20.1. The van der Waals surface area contributed by atoms with Crippen LogP contribution >= 0.6 is 0 Å². The first-order valence-corrected chi connectivity index (χ1v) is 9.42. The molecule has 1 N–H and O–H groups in total. The molecule has 1 amide bonds. The molecule has 1 aliphatic heterocycles. The fraction of sp³-hybridized carbons (Fsp3) is 0.174. The van der Waals surface area contributed by atoms with E-state index in [9.17, 15) is 4.79 Å². The first kappa shape index (κ1) is 18.7. The Morgan fingerprint density at radius 2 is 1.66 bits per heavy atom. The van der Waals surface area contributed by atoms with Gasteiger partial charge in [0.25, 0.3) is 5.91 Å². The molecular weight excluding hydrogens is 370 g/mol. The normalized spacial score (nSPS) is 14.7. The lowest BCUT2D eigenvalue weighted by molar-refractivity contribution is -0.125. The molecule has 0 spiro atoms. The minimum absolute atomic E-state index is 0.144. The Balaban J connectivity index is 1.45. The SMILES string of the molecule is CCOc1ccc(Oc2ccccc2NC(=O)[C@H]2COc3ccccc3O2)cc1. The summed E-state index contributed by atoms with van der Waals surface area (Å²) in [5.74, 6) is 2.83. The smallest absolute Gasteiger partial charge is 0.269 e. The third-order valence-electron chi connectivity index (χ3n) is 4.31. The van der Waals surface area contributed by atoms with Crippen molar-refractivity contribution in [3.8, 4) is 28.7 Å². The quantitative estimate of drug-likeness (QED) is 0.662. The Hall–Kier alpha value is -3.67. The van der Waals surface area contributed by atoms with Gasteiger partial charge in [0.15, 0.2) is 17.2 Å². The maximum absolute atomic E-state index is 12.7. The van der Waals surface area contributed by atoms with Crippen LogP contribution in [0.1, 0.15) is 6.92 Å². The number of carbonyl (C=O) groups is 1. The molecule has 3 aromatic rings. The molecule has 3 aromatic carbocycles. The van der Waals surface area contributed by atoms with Crippen LogP contribution in [0, 0.1) is 0 Å². The molecule has 0 unspecified atom stereocenters. The van der Waals surface area contributed by atoms with Crippen molar-refractivity contribution in [2.45, 2.75) is 13.0 Å². The van der Waals surface area contributed by atoms with Crippen LogP contribution in [0.15, 0.2) is 72.8 Å². The van der Waals surface area contributed by atoms with Crippen LogP contribution in [0.2, 0.25) is 0 Å². The molecule has 1 heterocycles. The Morgan fingerprint density at radius 1 is 0.966 bits per heavy atom. The molecule has 1 aliphatic rings. The molecule has 0 saturated heterocycles. The topological polar surface area (TPSA) is 66.0 Å². The van der Waals surface area contributed by atoms with Crippen LogP contribution in [0.25, 0.3) is 0 Å². The first-order chi connectivity index (χ1) is 14.2. The summed E-state index contributed by atoms with van der Waals surface area (Å²) in [6, 6.07) is 21.8. The van der Waals surface area contributed by atoms with E-state index in [1.54, 1.807) is 18.2 Å². The first-order valence-electron chi connectivity index (χ1n) is 9.42. The Labute approximate surface area is 169 Å². The number of carbonyl (C=O) groups excluding carboxylic acids is 1. The molecule has 1 atom stereocenters. The lowest BCUT2D eigenvalue weighted by Gasteiger charge is -2.25. The van der Waals surface area contributed by atoms with Crippen LogP contribution < -0.4 is 24.3 Å². The fourth-order valence-electron chi connectivity index (χ4n) is 2.92. The monoisotopic (exact) mass is 391 g/mol. The average molecular weight is 391 g/mol. The number of hydrogen-bond acceptors (Lipinski definition) is 5. The van der Waals surface area contributed by atoms with Gasteiger partial charge in [-0.1, -0.05) is 24.3 Å². The van der Waals surface area contributed by atoms with Gasteiger partial charge in [0.1, 0.15) is 18.1 Å². The van der Waals surface area contributed by atoms with Gasteiger partial charge in [-0.25, -0.2) is 0 Å². The minimum Gasteiger partial charge on any atom is -0.494 e. The molecular formula is C23H21NO5. The Kier molecular flexibility index (Phi) is 5.52. The second-order valence-electron chi connectivity index (χ2n) is 6.36. The summed E-state index contributed by atoms with van der Waals surface area (Å²) in [5.41, 5.74) is 0.550. The number of amides is 1. The van der Waals surface area contributed by atoms with E-state index in [2.05, 4.69) is 5.32 Å². The summed E-state index contributed by atoms with van der Waals surface area (Å²) in [4.78, 5) is 12.7. The predicted octanol–water partition coefficient (Wildman–Crippen LogP) is 4.66. The van der Waals surface area contributed by atoms with Crippen molar-refractivity contribution in [2.75, 3.05) is 18.5 Å². The number of rotatable bonds is 6. The number of benzene rings is 3. The Bertz CT molecular complexity index is 987. The van der Waals surface area contributed by atoms with Gasteiger partial charge >= 0.3 is 0 Å². The van der Waals surface area contributed by atoms with Crippen molar-refractivity contribution in [1.82, 2.24) is 0 Å². The van der Waals surface area contributed by atoms with Gasteiger partial charge in [0.2, 0.25) is 6.10 Å². The molecule has 29 heavy (non-hydrogen) atoms. The van der Waals surface area contributed by atoms with Crippen LogP contribution in [0.5, 0.6) is 28.7 Å². The standard InChI is InChI=1S/C23H21NO5/c1-2-26-16-11-13-17(14-12-16)28-19-8-4-3-7-18(19)24-23(25)22-15-27-20-9-5-6-10-21(20)29-22/h3-14,22H,2,15H2,1H3,(H,24,25)/t22-/m1/s1. The summed E-state index contributed by atoms with van der Waals surface area (Å²) in [6.45, 7) is 2.68. The average Bonchev–Trinajstić information content (AvgIpc) is 2.76. The van der Waals surface area contributed by atoms with Crippen LogP contribution in [-0.2, 0) is 4.79 Å². The van der Waals surface area contributed by atoms with Gasteiger partial charge < -0.3 is 24.3 Å². The molecule has 4 rings (SSSR count). The molecule has 0 aliphatic carbocycles. The summed E-state index contributed by atoms with van der Waals surface area (Å²) in [5, 5.41) is 2.87. The lowest BCUT2D eigenvalue weighted by Crippen LogP contribution is -2.40. The number of nitrogens with one attached hydrogen (secondary N) is 1. The number of fused-ring (bicyclic) bond motifs is 1. The number of para-hydroxylation sites is 4. The fourth-order valence-corrected chi connectivity index (χ4v) is 2.92. The molecule has 6 nitrogen and oxygen atoms in total. The van der Waals surface area contributed by atoms with Gasteiger partial charge in [-0.2, -0.15) is 0 Å². The highest BCUT2D eigenvalue weighted by Gasteiger charge is 2.27. The summed E-state index contributed by atoms with van der Waals surface area (Å²) >= 11 is 0. The van der Waals surface area contributed by atoms with Crippen molar-refractivity contribution >= 4 is 11.6 Å². The van der Waals surface area contributed by atoms with Gasteiger partial charge in [0, 0.05) is 0 Å². The molecule has 148 valence electrons. The molecule has 0 aromatic heterocycles. The van der Waals surface area contributed by atoms with E-state index in [0.717, 1.165) is 5.75 Å². The van der Waals surface area contributed by atoms with Crippen molar-refractivity contribution in [3.63, 3.8) is 0 Å². The Morgan fingerprint density at radius 3 is 2.45 bits per heavy atom. The number of anilines is 1. The number of ether oxygens (including phenoxy) is 4. The lowest BCUT2D eigenvalue weighted by atomic mass is 10.2. The van der Waals surface area contributed by atoms with E-state index in [1.807, 2.05) is 61.5 Å². The maximum atomic E-state index is 12.7. The number of hydrogen-bond donors (Lipinski definition) is 1. The van der Waals surface area contributed by atoms with E-state index < -0.39 is 6.10 Å². The predicted molar refractivity (Wildman–Crippen MR) is 109 cm³/mol. The molecule has 0 radical (unpaired) electrons. The second kappa shape index (κ2) is 8.56. The van der Waals surface area contributed by atoms with E-state index in [1.165, 1.54) is 0 Å². The van der Waals surface area contributed by atoms with E-state index in [0.29, 0.717) is 35.3 Å². The van der Waals surface area contributed by atoms with E-state index in [4.69, 9.17) is 18.9 Å².